The highest BCUT2D eigenvalue weighted by Gasteiger charge is 2.37. The summed E-state index contributed by atoms with van der Waals surface area (Å²) in [6.45, 7) is 3.48. The van der Waals surface area contributed by atoms with E-state index in [9.17, 15) is 14.4 Å². The van der Waals surface area contributed by atoms with E-state index < -0.39 is 17.9 Å². The van der Waals surface area contributed by atoms with Gasteiger partial charge in [-0.05, 0) is 37.4 Å². The number of esters is 2. The lowest BCUT2D eigenvalue weighted by Crippen LogP contribution is -2.27. The Morgan fingerprint density at radius 1 is 1.11 bits per heavy atom. The van der Waals surface area contributed by atoms with Crippen LogP contribution in [0.5, 0.6) is 0 Å². The van der Waals surface area contributed by atoms with Crippen molar-refractivity contribution in [3.05, 3.63) is 56.9 Å². The second-order valence-electron chi connectivity index (χ2n) is 5.85. The summed E-state index contributed by atoms with van der Waals surface area (Å²) in [4.78, 5) is 41.9. The number of carbonyl (C=O) groups excluding carboxylic acids is 3. The standard InChI is InChI=1S/C20H18ClNO5S/c1-3-26-19(24)16(20(25)27-4-2)15-12-8-7-11(21)10-13(12)22-17(15)18(23)14-6-5-9-28-14/h5-10,16,22H,3-4H2,1-2H3. The molecule has 8 heteroatoms. The number of ether oxygens (including phenoxy) is 2. The smallest absolute Gasteiger partial charge is 0.324 e. The van der Waals surface area contributed by atoms with Gasteiger partial charge in [-0.3, -0.25) is 14.4 Å². The van der Waals surface area contributed by atoms with Crippen LogP contribution in [0.25, 0.3) is 10.9 Å². The minimum Gasteiger partial charge on any atom is -0.465 e. The van der Waals surface area contributed by atoms with Crippen LogP contribution in [0.15, 0.2) is 35.7 Å². The molecule has 3 rings (SSSR count). The zero-order chi connectivity index (χ0) is 20.3. The fourth-order valence-corrected chi connectivity index (χ4v) is 3.83. The maximum absolute atomic E-state index is 13.1. The summed E-state index contributed by atoms with van der Waals surface area (Å²) in [5.41, 5.74) is 0.925. The van der Waals surface area contributed by atoms with E-state index in [0.717, 1.165) is 0 Å². The van der Waals surface area contributed by atoms with Gasteiger partial charge in [0.1, 0.15) is 0 Å². The van der Waals surface area contributed by atoms with Gasteiger partial charge >= 0.3 is 11.9 Å². The first-order valence-electron chi connectivity index (χ1n) is 8.70. The summed E-state index contributed by atoms with van der Waals surface area (Å²) in [7, 11) is 0. The molecule has 0 spiro atoms. The van der Waals surface area contributed by atoms with E-state index in [0.29, 0.717) is 20.8 Å². The average Bonchev–Trinajstić information content (AvgIpc) is 3.30. The molecule has 146 valence electrons. The summed E-state index contributed by atoms with van der Waals surface area (Å²) >= 11 is 7.35. The van der Waals surface area contributed by atoms with Crippen LogP contribution in [0.1, 0.15) is 40.7 Å². The van der Waals surface area contributed by atoms with Crippen molar-refractivity contribution < 1.29 is 23.9 Å². The predicted octanol–water partition coefficient (Wildman–Crippen LogP) is 4.32. The van der Waals surface area contributed by atoms with Crippen LogP contribution in [0.2, 0.25) is 5.02 Å². The quantitative estimate of drug-likeness (QED) is 0.350. The molecule has 0 fully saturated rings. The molecule has 0 radical (unpaired) electrons. The van der Waals surface area contributed by atoms with Gasteiger partial charge in [-0.1, -0.05) is 23.7 Å². The molecule has 0 aliphatic rings. The van der Waals surface area contributed by atoms with Gasteiger partial charge in [0.2, 0.25) is 5.78 Å². The topological polar surface area (TPSA) is 85.5 Å². The molecule has 2 aromatic heterocycles. The molecule has 0 bridgehead atoms. The number of aromatic amines is 1. The molecule has 1 aromatic carbocycles. The van der Waals surface area contributed by atoms with Gasteiger partial charge in [-0.25, -0.2) is 0 Å². The third-order valence-corrected chi connectivity index (χ3v) is 5.21. The Hall–Kier alpha value is -2.64. The molecule has 1 N–H and O–H groups in total. The summed E-state index contributed by atoms with van der Waals surface area (Å²) in [5.74, 6) is -3.24. The Balaban J connectivity index is 2.25. The van der Waals surface area contributed by atoms with Gasteiger partial charge in [0.05, 0.1) is 23.8 Å². The Labute approximate surface area is 170 Å². The Kier molecular flexibility index (Phi) is 6.16. The monoisotopic (exact) mass is 419 g/mol. The second kappa shape index (κ2) is 8.58. The first kappa shape index (κ1) is 20.1. The molecule has 0 saturated carbocycles. The fourth-order valence-electron chi connectivity index (χ4n) is 2.98. The number of halogens is 1. The largest absolute Gasteiger partial charge is 0.465 e. The van der Waals surface area contributed by atoms with Crippen LogP contribution in [0, 0.1) is 0 Å². The maximum Gasteiger partial charge on any atom is 0.324 e. The molecule has 3 aromatic rings. The maximum atomic E-state index is 13.1. The van der Waals surface area contributed by atoms with Crippen LogP contribution >= 0.6 is 22.9 Å². The van der Waals surface area contributed by atoms with Gasteiger partial charge in [0, 0.05) is 21.5 Å². The van der Waals surface area contributed by atoms with E-state index in [1.54, 1.807) is 49.6 Å². The van der Waals surface area contributed by atoms with Crippen molar-refractivity contribution >= 4 is 51.6 Å². The summed E-state index contributed by atoms with van der Waals surface area (Å²) < 4.78 is 10.2. The first-order chi connectivity index (χ1) is 13.5. The number of ketones is 1. The Morgan fingerprint density at radius 2 is 1.79 bits per heavy atom. The van der Waals surface area contributed by atoms with Crippen LogP contribution in [0.3, 0.4) is 0 Å². The molecule has 6 nitrogen and oxygen atoms in total. The van der Waals surface area contributed by atoms with Gasteiger partial charge in [0.15, 0.2) is 5.92 Å². The van der Waals surface area contributed by atoms with E-state index in [1.165, 1.54) is 11.3 Å². The van der Waals surface area contributed by atoms with E-state index in [-0.39, 0.29) is 30.3 Å². The Bertz CT molecular complexity index is 1010. The highest BCUT2D eigenvalue weighted by molar-refractivity contribution is 7.12. The summed E-state index contributed by atoms with van der Waals surface area (Å²) in [6, 6.07) is 8.37. The number of carbonyl (C=O) groups is 3. The minimum atomic E-state index is -1.38. The van der Waals surface area contributed by atoms with Gasteiger partial charge in [0.25, 0.3) is 0 Å². The number of thiophene rings is 1. The van der Waals surface area contributed by atoms with Crippen molar-refractivity contribution in [2.45, 2.75) is 19.8 Å². The summed E-state index contributed by atoms with van der Waals surface area (Å²) in [6.07, 6.45) is 0. The van der Waals surface area contributed by atoms with Crippen molar-refractivity contribution in [3.63, 3.8) is 0 Å². The zero-order valence-corrected chi connectivity index (χ0v) is 16.9. The first-order valence-corrected chi connectivity index (χ1v) is 9.96. The Morgan fingerprint density at radius 3 is 2.36 bits per heavy atom. The lowest BCUT2D eigenvalue weighted by Gasteiger charge is -2.15. The lowest BCUT2D eigenvalue weighted by atomic mass is 9.94. The average molecular weight is 420 g/mol. The molecule has 0 amide bonds. The van der Waals surface area contributed by atoms with Crippen LogP contribution in [-0.2, 0) is 19.1 Å². The van der Waals surface area contributed by atoms with Crippen LogP contribution in [0.4, 0.5) is 0 Å². The molecule has 2 heterocycles. The van der Waals surface area contributed by atoms with E-state index in [2.05, 4.69) is 4.98 Å². The van der Waals surface area contributed by atoms with Crippen LogP contribution < -0.4 is 0 Å². The number of fused-ring (bicyclic) bond motifs is 1. The number of H-pyrrole nitrogens is 1. The molecular formula is C20H18ClNO5S. The number of rotatable bonds is 7. The second-order valence-corrected chi connectivity index (χ2v) is 7.23. The number of benzene rings is 1. The fraction of sp³-hybridized carbons (Fsp3) is 0.250. The van der Waals surface area contributed by atoms with Crippen molar-refractivity contribution in [3.8, 4) is 0 Å². The third kappa shape index (κ3) is 3.81. The van der Waals surface area contributed by atoms with E-state index in [1.807, 2.05) is 0 Å². The summed E-state index contributed by atoms with van der Waals surface area (Å²) in [5, 5.41) is 2.77. The molecule has 0 aliphatic carbocycles. The third-order valence-electron chi connectivity index (χ3n) is 4.11. The molecule has 0 unspecified atom stereocenters. The van der Waals surface area contributed by atoms with Gasteiger partial charge in [-0.15, -0.1) is 11.3 Å². The van der Waals surface area contributed by atoms with Gasteiger partial charge in [-0.2, -0.15) is 0 Å². The van der Waals surface area contributed by atoms with Crippen LogP contribution in [-0.4, -0.2) is 35.9 Å². The molecular weight excluding hydrogens is 402 g/mol. The van der Waals surface area contributed by atoms with Crippen molar-refractivity contribution in [2.75, 3.05) is 13.2 Å². The molecule has 0 saturated heterocycles. The number of hydrogen-bond donors (Lipinski definition) is 1. The highest BCUT2D eigenvalue weighted by atomic mass is 35.5. The molecule has 0 aliphatic heterocycles. The number of nitrogens with one attached hydrogen (secondary N) is 1. The van der Waals surface area contributed by atoms with Gasteiger partial charge < -0.3 is 14.5 Å². The van der Waals surface area contributed by atoms with E-state index in [4.69, 9.17) is 21.1 Å². The molecule has 0 atom stereocenters. The minimum absolute atomic E-state index is 0.0944. The zero-order valence-electron chi connectivity index (χ0n) is 15.3. The van der Waals surface area contributed by atoms with Crippen molar-refractivity contribution in [1.29, 1.82) is 0 Å². The van der Waals surface area contributed by atoms with Crippen molar-refractivity contribution in [1.82, 2.24) is 4.98 Å². The molecule has 28 heavy (non-hydrogen) atoms. The highest BCUT2D eigenvalue weighted by Crippen LogP contribution is 2.34. The lowest BCUT2D eigenvalue weighted by molar-refractivity contribution is -0.156. The van der Waals surface area contributed by atoms with E-state index >= 15 is 0 Å². The number of hydrogen-bond acceptors (Lipinski definition) is 6. The number of aromatic nitrogens is 1. The van der Waals surface area contributed by atoms with Crippen molar-refractivity contribution in [2.24, 2.45) is 0 Å². The normalized spacial score (nSPS) is 11.0. The SMILES string of the molecule is CCOC(=O)C(C(=O)OCC)c1c(C(=O)c2cccs2)[nH]c2cc(Cl)ccc12. The predicted molar refractivity (Wildman–Crippen MR) is 107 cm³/mol.